The van der Waals surface area contributed by atoms with Gasteiger partial charge in [-0.15, -0.1) is 5.10 Å². The van der Waals surface area contributed by atoms with Crippen LogP contribution in [-0.2, 0) is 22.4 Å². The standard InChI is InChI=1S/C28H25F2N3O4/c1-28(2,3)37-27(36)33-24-9-6-18(12-19-13-21(29)16-22(30)14-19)15-23(24)25(32-33)31-26(35)20-7-4-17(5-8-20)10-11-34/h4-9,11,13-16H,10,12H2,1-3H3,(H,31,32,35). The molecular weight excluding hydrogens is 480 g/mol. The number of rotatable bonds is 6. The number of carbonyl (C=O) groups is 3. The van der Waals surface area contributed by atoms with Gasteiger partial charge in [-0.05, 0) is 80.3 Å². The highest BCUT2D eigenvalue weighted by molar-refractivity contribution is 6.08. The second kappa shape index (κ2) is 10.3. The van der Waals surface area contributed by atoms with Crippen LogP contribution in [-0.4, -0.2) is 33.7 Å². The number of amides is 1. The van der Waals surface area contributed by atoms with Crippen LogP contribution in [0.1, 0.15) is 47.8 Å². The third-order valence-corrected chi connectivity index (χ3v) is 5.41. The fraction of sp³-hybridized carbons (Fsp3) is 0.214. The maximum Gasteiger partial charge on any atom is 0.435 e. The Kier molecular flexibility index (Phi) is 7.15. The number of ether oxygens (including phenoxy) is 1. The average molecular weight is 506 g/mol. The van der Waals surface area contributed by atoms with Gasteiger partial charge in [-0.2, -0.15) is 4.68 Å². The van der Waals surface area contributed by atoms with E-state index in [2.05, 4.69) is 10.4 Å². The molecule has 0 bridgehead atoms. The van der Waals surface area contributed by atoms with Gasteiger partial charge < -0.3 is 14.8 Å². The lowest BCUT2D eigenvalue weighted by molar-refractivity contribution is -0.107. The number of fused-ring (bicyclic) bond motifs is 1. The van der Waals surface area contributed by atoms with Crippen molar-refractivity contribution in [1.82, 2.24) is 9.78 Å². The molecule has 1 N–H and O–H groups in total. The Bertz CT molecular complexity index is 1470. The molecule has 1 aromatic heterocycles. The molecule has 7 nitrogen and oxygen atoms in total. The first-order valence-electron chi connectivity index (χ1n) is 11.6. The maximum atomic E-state index is 13.7. The third-order valence-electron chi connectivity index (χ3n) is 5.41. The maximum absolute atomic E-state index is 13.7. The second-order valence-corrected chi connectivity index (χ2v) is 9.57. The van der Waals surface area contributed by atoms with Gasteiger partial charge in [0.05, 0.1) is 5.52 Å². The summed E-state index contributed by atoms with van der Waals surface area (Å²) in [6, 6.07) is 14.9. The number of nitrogens with zero attached hydrogens (tertiary/aromatic N) is 2. The number of hydrogen-bond acceptors (Lipinski definition) is 5. The normalized spacial score (nSPS) is 11.4. The van der Waals surface area contributed by atoms with E-state index in [-0.39, 0.29) is 18.7 Å². The smallest absolute Gasteiger partial charge is 0.435 e. The fourth-order valence-corrected chi connectivity index (χ4v) is 3.83. The van der Waals surface area contributed by atoms with Gasteiger partial charge >= 0.3 is 6.09 Å². The van der Waals surface area contributed by atoms with Crippen LogP contribution in [0.4, 0.5) is 19.4 Å². The summed E-state index contributed by atoms with van der Waals surface area (Å²) in [7, 11) is 0. The molecule has 3 aromatic carbocycles. The lowest BCUT2D eigenvalue weighted by Crippen LogP contribution is -2.27. The SMILES string of the molecule is CC(C)(C)OC(=O)n1nc(NC(=O)c2ccc(CC=O)cc2)c2cc(Cc3cc(F)cc(F)c3)ccc21. The highest BCUT2D eigenvalue weighted by atomic mass is 19.1. The topological polar surface area (TPSA) is 90.3 Å². The summed E-state index contributed by atoms with van der Waals surface area (Å²) in [4.78, 5) is 36.5. The van der Waals surface area contributed by atoms with E-state index in [0.717, 1.165) is 22.6 Å². The minimum atomic E-state index is -0.774. The molecule has 0 radical (unpaired) electrons. The molecule has 1 heterocycles. The molecule has 0 saturated carbocycles. The first-order valence-corrected chi connectivity index (χ1v) is 11.6. The predicted octanol–water partition coefficient (Wildman–Crippen LogP) is 5.68. The molecule has 4 rings (SSSR count). The zero-order valence-corrected chi connectivity index (χ0v) is 20.5. The van der Waals surface area contributed by atoms with Crippen LogP contribution in [0.5, 0.6) is 0 Å². The number of anilines is 1. The Balaban J connectivity index is 1.71. The van der Waals surface area contributed by atoms with Crippen molar-refractivity contribution in [3.8, 4) is 0 Å². The van der Waals surface area contributed by atoms with Gasteiger partial charge in [0.1, 0.15) is 23.5 Å². The summed E-state index contributed by atoms with van der Waals surface area (Å²) >= 11 is 0. The summed E-state index contributed by atoms with van der Waals surface area (Å²) in [5, 5.41) is 7.49. The third kappa shape index (κ3) is 6.24. The molecular formula is C28H25F2N3O4. The van der Waals surface area contributed by atoms with Gasteiger partial charge in [-0.25, -0.2) is 13.6 Å². The van der Waals surface area contributed by atoms with Gasteiger partial charge in [-0.1, -0.05) is 18.2 Å². The molecule has 190 valence electrons. The van der Waals surface area contributed by atoms with E-state index in [1.807, 2.05) is 0 Å². The Morgan fingerprint density at radius 3 is 2.22 bits per heavy atom. The first kappa shape index (κ1) is 25.7. The van der Waals surface area contributed by atoms with E-state index in [1.54, 1.807) is 63.2 Å². The molecule has 0 unspecified atom stereocenters. The van der Waals surface area contributed by atoms with Crippen molar-refractivity contribution in [2.45, 2.75) is 39.2 Å². The summed E-state index contributed by atoms with van der Waals surface area (Å²) < 4.78 is 33.9. The lowest BCUT2D eigenvalue weighted by Gasteiger charge is -2.19. The molecule has 0 aliphatic rings. The molecule has 0 fully saturated rings. The minimum absolute atomic E-state index is 0.120. The Morgan fingerprint density at radius 2 is 1.59 bits per heavy atom. The van der Waals surface area contributed by atoms with Gasteiger partial charge in [0.25, 0.3) is 5.91 Å². The number of benzene rings is 3. The van der Waals surface area contributed by atoms with Crippen molar-refractivity contribution >= 4 is 35.0 Å². The van der Waals surface area contributed by atoms with Crippen LogP contribution in [0, 0.1) is 11.6 Å². The molecule has 1 amide bonds. The van der Waals surface area contributed by atoms with E-state index >= 15 is 0 Å². The molecule has 4 aromatic rings. The number of aldehydes is 1. The lowest BCUT2D eigenvalue weighted by atomic mass is 10.0. The highest BCUT2D eigenvalue weighted by Crippen LogP contribution is 2.27. The Morgan fingerprint density at radius 1 is 0.946 bits per heavy atom. The fourth-order valence-electron chi connectivity index (χ4n) is 3.83. The Hall–Kier alpha value is -4.40. The van der Waals surface area contributed by atoms with E-state index < -0.39 is 29.2 Å². The van der Waals surface area contributed by atoms with Crippen LogP contribution < -0.4 is 5.32 Å². The molecule has 0 atom stereocenters. The number of aromatic nitrogens is 2. The second-order valence-electron chi connectivity index (χ2n) is 9.57. The minimum Gasteiger partial charge on any atom is -0.442 e. The Labute approximate surface area is 212 Å². The zero-order valence-electron chi connectivity index (χ0n) is 20.5. The van der Waals surface area contributed by atoms with Crippen molar-refractivity contribution in [3.63, 3.8) is 0 Å². The van der Waals surface area contributed by atoms with E-state index in [0.29, 0.717) is 27.6 Å². The van der Waals surface area contributed by atoms with Crippen molar-refractivity contribution < 1.29 is 27.9 Å². The summed E-state index contributed by atoms with van der Waals surface area (Å²) in [5.41, 5.74) is 1.83. The van der Waals surface area contributed by atoms with Crippen molar-refractivity contribution in [2.24, 2.45) is 0 Å². The number of carbonyl (C=O) groups excluding carboxylic acids is 3. The number of hydrogen-bond donors (Lipinski definition) is 1. The summed E-state index contributed by atoms with van der Waals surface area (Å²) in [6.45, 7) is 5.18. The molecule has 0 spiro atoms. The summed E-state index contributed by atoms with van der Waals surface area (Å²) in [6.07, 6.45) is 0.509. The number of nitrogens with one attached hydrogen (secondary N) is 1. The van der Waals surface area contributed by atoms with Crippen LogP contribution in [0.3, 0.4) is 0 Å². The van der Waals surface area contributed by atoms with Crippen molar-refractivity contribution in [3.05, 3.63) is 94.6 Å². The van der Waals surface area contributed by atoms with Gasteiger partial charge in [-0.3, -0.25) is 4.79 Å². The summed E-state index contributed by atoms with van der Waals surface area (Å²) in [5.74, 6) is -1.71. The molecule has 0 aliphatic heterocycles. The largest absolute Gasteiger partial charge is 0.442 e. The monoisotopic (exact) mass is 505 g/mol. The zero-order chi connectivity index (χ0) is 26.7. The van der Waals surface area contributed by atoms with Crippen molar-refractivity contribution in [1.29, 1.82) is 0 Å². The first-order chi connectivity index (χ1) is 17.5. The van der Waals surface area contributed by atoms with E-state index in [4.69, 9.17) is 4.74 Å². The molecule has 37 heavy (non-hydrogen) atoms. The van der Waals surface area contributed by atoms with E-state index in [9.17, 15) is 23.2 Å². The van der Waals surface area contributed by atoms with Crippen molar-refractivity contribution in [2.75, 3.05) is 5.32 Å². The van der Waals surface area contributed by atoms with Crippen LogP contribution in [0.25, 0.3) is 10.9 Å². The van der Waals surface area contributed by atoms with E-state index in [1.165, 1.54) is 12.1 Å². The molecule has 0 aliphatic carbocycles. The van der Waals surface area contributed by atoms with Gasteiger partial charge in [0.2, 0.25) is 0 Å². The molecule has 0 saturated heterocycles. The van der Waals surface area contributed by atoms with Gasteiger partial charge in [0, 0.05) is 23.4 Å². The van der Waals surface area contributed by atoms with Crippen LogP contribution in [0.15, 0.2) is 60.7 Å². The number of halogens is 2. The molecule has 9 heteroatoms. The van der Waals surface area contributed by atoms with Crippen LogP contribution in [0.2, 0.25) is 0 Å². The average Bonchev–Trinajstić information content (AvgIpc) is 3.16. The van der Waals surface area contributed by atoms with Gasteiger partial charge in [0.15, 0.2) is 5.82 Å². The quantitative estimate of drug-likeness (QED) is 0.341. The van der Waals surface area contributed by atoms with Crippen LogP contribution >= 0.6 is 0 Å². The predicted molar refractivity (Wildman–Crippen MR) is 135 cm³/mol. The highest BCUT2D eigenvalue weighted by Gasteiger charge is 2.23.